The van der Waals surface area contributed by atoms with Gasteiger partial charge in [-0.15, -0.1) is 0 Å². The molecule has 16 heavy (non-hydrogen) atoms. The molecule has 0 aliphatic heterocycles. The number of nitriles is 1. The smallest absolute Gasteiger partial charge is 0.238 e. The van der Waals surface area contributed by atoms with Crippen LogP contribution in [-0.2, 0) is 0 Å². The lowest BCUT2D eigenvalue weighted by molar-refractivity contribution is 0.101. The number of hydrogen-bond acceptors (Lipinski definition) is 4. The highest BCUT2D eigenvalue weighted by Crippen LogP contribution is 2.14. The van der Waals surface area contributed by atoms with Gasteiger partial charge in [0, 0.05) is 0 Å². The standard InChI is InChI=1S/C12H7NO2S/c13-7-10(6-9-3-5-16-8-9)12(14)11-2-1-4-15-11/h1-6,8H/b10-6+. The Bertz CT molecular complexity index is 544. The summed E-state index contributed by atoms with van der Waals surface area (Å²) in [5.74, 6) is -0.207. The molecule has 0 saturated heterocycles. The predicted octanol–water partition coefficient (Wildman–Crippen LogP) is 3.13. The number of thiophene rings is 1. The molecule has 78 valence electrons. The maximum absolute atomic E-state index is 11.8. The summed E-state index contributed by atoms with van der Waals surface area (Å²) in [5.41, 5.74) is 0.926. The van der Waals surface area contributed by atoms with Crippen molar-refractivity contribution in [3.05, 3.63) is 52.1 Å². The molecule has 3 nitrogen and oxygen atoms in total. The summed E-state index contributed by atoms with van der Waals surface area (Å²) in [6.45, 7) is 0. The van der Waals surface area contributed by atoms with E-state index in [0.717, 1.165) is 5.56 Å². The second kappa shape index (κ2) is 4.60. The lowest BCUT2D eigenvalue weighted by Crippen LogP contribution is -1.99. The molecule has 0 aliphatic rings. The van der Waals surface area contributed by atoms with Crippen LogP contribution in [0.2, 0.25) is 0 Å². The molecule has 0 aromatic carbocycles. The Morgan fingerprint density at radius 1 is 1.50 bits per heavy atom. The van der Waals surface area contributed by atoms with Gasteiger partial charge in [-0.3, -0.25) is 4.79 Å². The molecule has 0 amide bonds. The number of carbonyl (C=O) groups is 1. The van der Waals surface area contributed by atoms with E-state index in [1.807, 2.05) is 22.9 Å². The number of Topliss-reactive ketones (excluding diaryl/α,β-unsaturated/α-hetero) is 1. The van der Waals surface area contributed by atoms with E-state index >= 15 is 0 Å². The molecule has 0 spiro atoms. The molecule has 0 radical (unpaired) electrons. The van der Waals surface area contributed by atoms with Crippen LogP contribution in [-0.4, -0.2) is 5.78 Å². The minimum atomic E-state index is -0.390. The Kier molecular flexibility index (Phi) is 2.99. The van der Waals surface area contributed by atoms with Gasteiger partial charge in [-0.1, -0.05) is 0 Å². The van der Waals surface area contributed by atoms with Gasteiger partial charge in [0.25, 0.3) is 0 Å². The number of rotatable bonds is 3. The maximum atomic E-state index is 11.8. The quantitative estimate of drug-likeness (QED) is 0.461. The summed E-state index contributed by atoms with van der Waals surface area (Å²) >= 11 is 1.51. The molecule has 0 unspecified atom stereocenters. The largest absolute Gasteiger partial charge is 0.461 e. The van der Waals surface area contributed by atoms with Crippen molar-refractivity contribution in [2.24, 2.45) is 0 Å². The zero-order chi connectivity index (χ0) is 11.4. The van der Waals surface area contributed by atoms with E-state index in [4.69, 9.17) is 9.68 Å². The SMILES string of the molecule is N#C/C(=C\c1ccsc1)C(=O)c1ccco1. The van der Waals surface area contributed by atoms with Crippen molar-refractivity contribution in [3.8, 4) is 6.07 Å². The third-order valence-electron chi connectivity index (χ3n) is 1.96. The fourth-order valence-corrected chi connectivity index (χ4v) is 1.83. The third kappa shape index (κ3) is 2.10. The number of allylic oxidation sites excluding steroid dienone is 1. The van der Waals surface area contributed by atoms with E-state index in [0.29, 0.717) is 0 Å². The molecule has 0 saturated carbocycles. The predicted molar refractivity (Wildman–Crippen MR) is 60.9 cm³/mol. The van der Waals surface area contributed by atoms with Crippen molar-refractivity contribution in [2.75, 3.05) is 0 Å². The van der Waals surface area contributed by atoms with Crippen LogP contribution in [0.25, 0.3) is 6.08 Å². The van der Waals surface area contributed by atoms with Crippen molar-refractivity contribution in [1.29, 1.82) is 5.26 Å². The van der Waals surface area contributed by atoms with Gasteiger partial charge in [0.1, 0.15) is 11.6 Å². The molecule has 0 N–H and O–H groups in total. The Labute approximate surface area is 96.2 Å². The Balaban J connectivity index is 2.32. The van der Waals surface area contributed by atoms with Gasteiger partial charge in [0.15, 0.2) is 5.76 Å². The lowest BCUT2D eigenvalue weighted by Gasteiger charge is -1.93. The minimum absolute atomic E-state index is 0.0772. The molecule has 4 heteroatoms. The average Bonchev–Trinajstić information content (AvgIpc) is 2.97. The highest BCUT2D eigenvalue weighted by molar-refractivity contribution is 7.08. The number of furan rings is 1. The second-order valence-corrected chi connectivity index (χ2v) is 3.81. The van der Waals surface area contributed by atoms with Crippen LogP contribution in [0, 0.1) is 11.3 Å². The molecule has 2 aromatic heterocycles. The highest BCUT2D eigenvalue weighted by atomic mass is 32.1. The van der Waals surface area contributed by atoms with Crippen LogP contribution >= 0.6 is 11.3 Å². The van der Waals surface area contributed by atoms with Crippen LogP contribution in [0.3, 0.4) is 0 Å². The fraction of sp³-hybridized carbons (Fsp3) is 0. The Morgan fingerprint density at radius 2 is 2.38 bits per heavy atom. The van der Waals surface area contributed by atoms with Crippen molar-refractivity contribution >= 4 is 23.2 Å². The summed E-state index contributed by atoms with van der Waals surface area (Å²) in [6, 6.07) is 6.89. The van der Waals surface area contributed by atoms with Crippen LogP contribution in [0.5, 0.6) is 0 Å². The summed E-state index contributed by atoms with van der Waals surface area (Å²) < 4.78 is 4.96. The number of ketones is 1. The van der Waals surface area contributed by atoms with E-state index in [1.165, 1.54) is 17.6 Å². The molecule has 0 atom stereocenters. The lowest BCUT2D eigenvalue weighted by atomic mass is 10.1. The van der Waals surface area contributed by atoms with Crippen LogP contribution in [0.4, 0.5) is 0 Å². The van der Waals surface area contributed by atoms with Crippen molar-refractivity contribution in [1.82, 2.24) is 0 Å². The van der Waals surface area contributed by atoms with Crippen molar-refractivity contribution in [2.45, 2.75) is 0 Å². The zero-order valence-electron chi connectivity index (χ0n) is 8.21. The molecule has 0 fully saturated rings. The maximum Gasteiger partial charge on any atom is 0.238 e. The van der Waals surface area contributed by atoms with E-state index in [2.05, 4.69) is 0 Å². The van der Waals surface area contributed by atoms with Gasteiger partial charge in [0.2, 0.25) is 5.78 Å². The van der Waals surface area contributed by atoms with Gasteiger partial charge in [-0.05, 0) is 40.6 Å². The topological polar surface area (TPSA) is 54.0 Å². The molecule has 2 aromatic rings. The zero-order valence-corrected chi connectivity index (χ0v) is 9.03. The minimum Gasteiger partial charge on any atom is -0.461 e. The molecule has 2 heterocycles. The van der Waals surface area contributed by atoms with Gasteiger partial charge in [-0.2, -0.15) is 16.6 Å². The van der Waals surface area contributed by atoms with Crippen LogP contribution in [0.1, 0.15) is 16.1 Å². The normalized spacial score (nSPS) is 11.1. The Hall–Kier alpha value is -2.12. The van der Waals surface area contributed by atoms with Crippen molar-refractivity contribution < 1.29 is 9.21 Å². The van der Waals surface area contributed by atoms with E-state index in [-0.39, 0.29) is 11.3 Å². The number of carbonyl (C=O) groups excluding carboxylic acids is 1. The number of nitrogens with zero attached hydrogens (tertiary/aromatic N) is 1. The van der Waals surface area contributed by atoms with Gasteiger partial charge >= 0.3 is 0 Å². The van der Waals surface area contributed by atoms with E-state index in [9.17, 15) is 4.79 Å². The first-order chi connectivity index (χ1) is 7.81. The summed E-state index contributed by atoms with van der Waals surface area (Å²) in [6.07, 6.45) is 2.97. The molecule has 2 rings (SSSR count). The average molecular weight is 229 g/mol. The molecular formula is C12H7NO2S. The van der Waals surface area contributed by atoms with Gasteiger partial charge < -0.3 is 4.42 Å². The molecule has 0 aliphatic carbocycles. The first-order valence-corrected chi connectivity index (χ1v) is 5.48. The summed E-state index contributed by atoms with van der Waals surface area (Å²) in [5, 5.41) is 12.7. The molecule has 0 bridgehead atoms. The van der Waals surface area contributed by atoms with E-state index in [1.54, 1.807) is 18.2 Å². The van der Waals surface area contributed by atoms with Crippen molar-refractivity contribution in [3.63, 3.8) is 0 Å². The van der Waals surface area contributed by atoms with Gasteiger partial charge in [0.05, 0.1) is 6.26 Å². The van der Waals surface area contributed by atoms with Crippen LogP contribution < -0.4 is 0 Å². The summed E-state index contributed by atoms with van der Waals surface area (Å²) in [4.78, 5) is 11.8. The fourth-order valence-electron chi connectivity index (χ4n) is 1.21. The number of hydrogen-bond donors (Lipinski definition) is 0. The monoisotopic (exact) mass is 229 g/mol. The molecular weight excluding hydrogens is 222 g/mol. The highest BCUT2D eigenvalue weighted by Gasteiger charge is 2.14. The van der Waals surface area contributed by atoms with Gasteiger partial charge in [-0.25, -0.2) is 0 Å². The Morgan fingerprint density at radius 3 is 2.94 bits per heavy atom. The summed E-state index contributed by atoms with van der Waals surface area (Å²) in [7, 11) is 0. The van der Waals surface area contributed by atoms with E-state index < -0.39 is 5.78 Å². The second-order valence-electron chi connectivity index (χ2n) is 3.03. The first-order valence-electron chi connectivity index (χ1n) is 4.53. The van der Waals surface area contributed by atoms with Crippen LogP contribution in [0.15, 0.2) is 45.2 Å². The first kappa shape index (κ1) is 10.4. The third-order valence-corrected chi connectivity index (χ3v) is 2.67.